The Morgan fingerprint density at radius 3 is 2.53 bits per heavy atom. The molecule has 0 unspecified atom stereocenters. The van der Waals surface area contributed by atoms with Crippen molar-refractivity contribution >= 4 is 34.3 Å². The van der Waals surface area contributed by atoms with E-state index >= 15 is 0 Å². The van der Waals surface area contributed by atoms with Gasteiger partial charge >= 0.3 is 0 Å². The Balaban J connectivity index is 1.44. The van der Waals surface area contributed by atoms with Gasteiger partial charge in [-0.25, -0.2) is 4.98 Å². The minimum absolute atomic E-state index is 0.121. The van der Waals surface area contributed by atoms with Gasteiger partial charge in [0, 0.05) is 47.9 Å². The minimum atomic E-state index is -0.121. The Labute approximate surface area is 207 Å². The van der Waals surface area contributed by atoms with Gasteiger partial charge in [-0.05, 0) is 83.5 Å². The summed E-state index contributed by atoms with van der Waals surface area (Å²) in [7, 11) is 4.33. The summed E-state index contributed by atoms with van der Waals surface area (Å²) in [5, 5.41) is 3.61. The molecule has 0 saturated heterocycles. The van der Waals surface area contributed by atoms with E-state index in [1.54, 1.807) is 6.07 Å². The van der Waals surface area contributed by atoms with Crippen LogP contribution in [0.15, 0.2) is 40.8 Å². The number of hydrogen-bond donors (Lipinski definition) is 1. The van der Waals surface area contributed by atoms with E-state index in [2.05, 4.69) is 41.1 Å². The fraction of sp³-hybridized carbons (Fsp3) is 0.481. The zero-order valence-electron chi connectivity index (χ0n) is 20.6. The van der Waals surface area contributed by atoms with Crippen LogP contribution >= 0.6 is 11.6 Å². The average Bonchev–Trinajstić information content (AvgIpc) is 3.24. The van der Waals surface area contributed by atoms with Crippen LogP contribution in [-0.4, -0.2) is 55.1 Å². The van der Waals surface area contributed by atoms with Gasteiger partial charge < -0.3 is 19.5 Å². The van der Waals surface area contributed by atoms with Crippen LogP contribution in [0.5, 0.6) is 0 Å². The molecule has 1 aromatic heterocycles. The summed E-state index contributed by atoms with van der Waals surface area (Å²) in [6.07, 6.45) is 5.21. The van der Waals surface area contributed by atoms with Crippen molar-refractivity contribution in [2.75, 3.05) is 32.1 Å². The van der Waals surface area contributed by atoms with Crippen molar-refractivity contribution in [1.29, 1.82) is 0 Å². The van der Waals surface area contributed by atoms with Crippen LogP contribution in [0, 0.1) is 6.92 Å². The first-order chi connectivity index (χ1) is 16.4. The second-order valence-electron chi connectivity index (χ2n) is 9.39. The van der Waals surface area contributed by atoms with Crippen molar-refractivity contribution in [3.8, 4) is 0 Å². The summed E-state index contributed by atoms with van der Waals surface area (Å²) in [5.41, 5.74) is 4.25. The number of rotatable bonds is 8. The number of nitrogens with zero attached hydrogens (tertiary/aromatic N) is 3. The number of amides is 1. The monoisotopic (exact) mass is 482 g/mol. The Kier molecular flexibility index (Phi) is 7.79. The SMILES string of the molecule is CCN(c1cc(Cl)cc(C(=O)NCCc2nc3ccccc3o2)c1C)[C@H]1CC[C@H](N(C)C)CC1. The number of benzene rings is 2. The largest absolute Gasteiger partial charge is 0.441 e. The molecule has 1 saturated carbocycles. The number of fused-ring (bicyclic) bond motifs is 1. The minimum Gasteiger partial charge on any atom is -0.441 e. The van der Waals surface area contributed by atoms with Crippen LogP contribution < -0.4 is 10.2 Å². The first kappa shape index (κ1) is 24.6. The lowest BCUT2D eigenvalue weighted by atomic mass is 9.89. The van der Waals surface area contributed by atoms with E-state index in [0.29, 0.717) is 41.5 Å². The lowest BCUT2D eigenvalue weighted by Crippen LogP contribution is -2.42. The number of anilines is 1. The third-order valence-electron chi connectivity index (χ3n) is 7.04. The van der Waals surface area contributed by atoms with Crippen LogP contribution in [-0.2, 0) is 6.42 Å². The topological polar surface area (TPSA) is 61.6 Å². The van der Waals surface area contributed by atoms with E-state index < -0.39 is 0 Å². The number of aromatic nitrogens is 1. The third kappa shape index (κ3) is 5.39. The summed E-state index contributed by atoms with van der Waals surface area (Å²) in [6.45, 7) is 5.53. The van der Waals surface area contributed by atoms with Crippen LogP contribution in [0.2, 0.25) is 5.02 Å². The van der Waals surface area contributed by atoms with Crippen LogP contribution in [0.3, 0.4) is 0 Å². The average molecular weight is 483 g/mol. The molecule has 3 aromatic rings. The predicted octanol–water partition coefficient (Wildman–Crippen LogP) is 5.46. The van der Waals surface area contributed by atoms with Gasteiger partial charge in [-0.2, -0.15) is 0 Å². The van der Waals surface area contributed by atoms with Crippen molar-refractivity contribution in [3.05, 3.63) is 58.4 Å². The fourth-order valence-electron chi connectivity index (χ4n) is 5.12. The number of halogens is 1. The Morgan fingerprint density at radius 2 is 1.85 bits per heavy atom. The van der Waals surface area contributed by atoms with Crippen molar-refractivity contribution in [2.24, 2.45) is 0 Å². The molecule has 1 amide bonds. The number of carbonyl (C=O) groups is 1. The zero-order valence-corrected chi connectivity index (χ0v) is 21.4. The Hall–Kier alpha value is -2.57. The maximum atomic E-state index is 13.1. The molecule has 0 atom stereocenters. The maximum Gasteiger partial charge on any atom is 0.251 e. The Bertz CT molecular complexity index is 1100. The highest BCUT2D eigenvalue weighted by Gasteiger charge is 2.28. The molecule has 4 rings (SSSR count). The predicted molar refractivity (Wildman–Crippen MR) is 139 cm³/mol. The van der Waals surface area contributed by atoms with Gasteiger partial charge in [-0.15, -0.1) is 0 Å². The molecule has 1 fully saturated rings. The van der Waals surface area contributed by atoms with E-state index in [9.17, 15) is 4.79 Å². The standard InChI is InChI=1S/C27H35ClN4O2/c1-5-32(21-12-10-20(11-13-21)31(3)4)24-17-19(28)16-22(18(24)2)27(33)29-15-14-26-30-23-8-6-7-9-25(23)34-26/h6-9,16-17,20-21H,5,10-15H2,1-4H3,(H,29,33)/t20-,21-. The second kappa shape index (κ2) is 10.8. The van der Waals surface area contributed by atoms with Crippen molar-refractivity contribution < 1.29 is 9.21 Å². The normalized spacial score (nSPS) is 18.4. The number of carbonyl (C=O) groups excluding carboxylic acids is 1. The van der Waals surface area contributed by atoms with E-state index in [1.165, 1.54) is 12.8 Å². The van der Waals surface area contributed by atoms with E-state index in [0.717, 1.165) is 41.7 Å². The second-order valence-corrected chi connectivity index (χ2v) is 9.83. The molecule has 0 spiro atoms. The van der Waals surface area contributed by atoms with Crippen molar-refractivity contribution in [3.63, 3.8) is 0 Å². The number of nitrogens with one attached hydrogen (secondary N) is 1. The molecule has 1 aliphatic carbocycles. The lowest BCUT2D eigenvalue weighted by Gasteiger charge is -2.40. The van der Waals surface area contributed by atoms with E-state index in [-0.39, 0.29) is 5.91 Å². The summed E-state index contributed by atoms with van der Waals surface area (Å²) in [4.78, 5) is 22.3. The molecule has 7 heteroatoms. The van der Waals surface area contributed by atoms with E-state index in [1.807, 2.05) is 37.3 Å². The van der Waals surface area contributed by atoms with Crippen LogP contribution in [0.25, 0.3) is 11.1 Å². The van der Waals surface area contributed by atoms with Crippen molar-refractivity contribution in [2.45, 2.75) is 58.0 Å². The molecule has 34 heavy (non-hydrogen) atoms. The molecule has 0 aliphatic heterocycles. The highest BCUT2D eigenvalue weighted by atomic mass is 35.5. The first-order valence-electron chi connectivity index (χ1n) is 12.2. The van der Waals surface area contributed by atoms with Crippen molar-refractivity contribution in [1.82, 2.24) is 15.2 Å². The third-order valence-corrected chi connectivity index (χ3v) is 7.26. The van der Waals surface area contributed by atoms with Gasteiger partial charge in [0.1, 0.15) is 5.52 Å². The first-order valence-corrected chi connectivity index (χ1v) is 12.6. The summed E-state index contributed by atoms with van der Waals surface area (Å²) >= 11 is 6.51. The summed E-state index contributed by atoms with van der Waals surface area (Å²) < 4.78 is 5.76. The molecule has 1 aliphatic rings. The molecule has 0 bridgehead atoms. The summed E-state index contributed by atoms with van der Waals surface area (Å²) in [6, 6.07) is 12.6. The fourth-order valence-corrected chi connectivity index (χ4v) is 5.33. The quantitative estimate of drug-likeness (QED) is 0.461. The highest BCUT2D eigenvalue weighted by Crippen LogP contribution is 2.34. The molecule has 2 aromatic carbocycles. The number of oxazole rings is 1. The molecule has 0 radical (unpaired) electrons. The molecule has 6 nitrogen and oxygen atoms in total. The van der Waals surface area contributed by atoms with Gasteiger partial charge in [0.2, 0.25) is 0 Å². The van der Waals surface area contributed by atoms with Gasteiger partial charge in [0.05, 0.1) is 0 Å². The van der Waals surface area contributed by atoms with E-state index in [4.69, 9.17) is 16.0 Å². The van der Waals surface area contributed by atoms with Gasteiger partial charge in [0.15, 0.2) is 11.5 Å². The number of hydrogen-bond acceptors (Lipinski definition) is 5. The lowest BCUT2D eigenvalue weighted by molar-refractivity contribution is 0.0953. The zero-order chi connectivity index (χ0) is 24.2. The highest BCUT2D eigenvalue weighted by molar-refractivity contribution is 6.31. The molecule has 182 valence electrons. The summed E-state index contributed by atoms with van der Waals surface area (Å²) in [5.74, 6) is 0.500. The molecule has 1 heterocycles. The maximum absolute atomic E-state index is 13.1. The number of para-hydroxylation sites is 2. The van der Waals surface area contributed by atoms with Gasteiger partial charge in [0.25, 0.3) is 5.91 Å². The van der Waals surface area contributed by atoms with Crippen LogP contribution in [0.4, 0.5) is 5.69 Å². The smallest absolute Gasteiger partial charge is 0.251 e. The molecular weight excluding hydrogens is 448 g/mol. The van der Waals surface area contributed by atoms with Gasteiger partial charge in [-0.3, -0.25) is 4.79 Å². The van der Waals surface area contributed by atoms with Gasteiger partial charge in [-0.1, -0.05) is 23.7 Å². The van der Waals surface area contributed by atoms with Crippen LogP contribution in [0.1, 0.15) is 54.4 Å². The Morgan fingerprint density at radius 1 is 1.15 bits per heavy atom. The molecular formula is C27H35ClN4O2. The molecule has 1 N–H and O–H groups in total.